The minimum Gasteiger partial charge on any atom is -0.368 e. The Morgan fingerprint density at radius 3 is 2.70 bits per heavy atom. The Bertz CT molecular complexity index is 647. The number of nitrogens with two attached hydrogens (primary N) is 1. The number of carbonyl (C=O) groups is 1. The van der Waals surface area contributed by atoms with Crippen molar-refractivity contribution in [3.05, 3.63) is 42.4 Å². The predicted molar refractivity (Wildman–Crippen MR) is 88.1 cm³/mol. The summed E-state index contributed by atoms with van der Waals surface area (Å²) in [6, 6.07) is 3.12. The van der Waals surface area contributed by atoms with E-state index in [-0.39, 0.29) is 16.9 Å². The van der Waals surface area contributed by atoms with Crippen LogP contribution in [0.1, 0.15) is 29.8 Å². The quantitative estimate of drug-likeness (QED) is 0.596. The van der Waals surface area contributed by atoms with Crippen LogP contribution in [0.5, 0.6) is 0 Å². The molecule has 23 heavy (non-hydrogen) atoms. The third-order valence-corrected chi connectivity index (χ3v) is 4.05. The van der Waals surface area contributed by atoms with Gasteiger partial charge in [-0.3, -0.25) is 9.79 Å². The molecule has 1 saturated carbocycles. The molecule has 1 amide bonds. The molecule has 1 aromatic rings. The summed E-state index contributed by atoms with van der Waals surface area (Å²) in [6.45, 7) is 4.01. The van der Waals surface area contributed by atoms with Gasteiger partial charge >= 0.3 is 0 Å². The zero-order chi connectivity index (χ0) is 16.9. The molecule has 0 aliphatic heterocycles. The Kier molecular flexibility index (Phi) is 5.20. The van der Waals surface area contributed by atoms with E-state index in [0.717, 1.165) is 19.3 Å². The number of rotatable bonds is 7. The highest BCUT2D eigenvalue weighted by molar-refractivity contribution is 6.03. The van der Waals surface area contributed by atoms with Crippen molar-refractivity contribution in [2.45, 2.75) is 19.3 Å². The van der Waals surface area contributed by atoms with Gasteiger partial charge in [-0.1, -0.05) is 19.1 Å². The first-order valence-corrected chi connectivity index (χ1v) is 7.35. The van der Waals surface area contributed by atoms with E-state index in [9.17, 15) is 9.18 Å². The molecule has 2 rings (SSSR count). The number of hydrogen-bond acceptors (Lipinski definition) is 5. The largest absolute Gasteiger partial charge is 0.368 e. The van der Waals surface area contributed by atoms with Crippen molar-refractivity contribution >= 4 is 17.4 Å². The van der Waals surface area contributed by atoms with E-state index in [4.69, 9.17) is 5.73 Å². The van der Waals surface area contributed by atoms with Gasteiger partial charge in [0.2, 0.25) is 0 Å². The Labute approximate surface area is 134 Å². The van der Waals surface area contributed by atoms with E-state index in [1.165, 1.54) is 18.2 Å². The first kappa shape index (κ1) is 16.8. The van der Waals surface area contributed by atoms with Crippen molar-refractivity contribution in [3.63, 3.8) is 0 Å². The molecular formula is C16H20FN5O. The molecule has 0 spiro atoms. The molecule has 0 radical (unpaired) electrons. The summed E-state index contributed by atoms with van der Waals surface area (Å²) in [4.78, 5) is 15.1. The van der Waals surface area contributed by atoms with Crippen molar-refractivity contribution in [1.82, 2.24) is 10.2 Å². The van der Waals surface area contributed by atoms with Crippen LogP contribution < -0.4 is 11.1 Å². The Hall–Kier alpha value is -2.57. The maximum absolute atomic E-state index is 14.2. The van der Waals surface area contributed by atoms with Crippen LogP contribution in [-0.4, -0.2) is 35.4 Å². The lowest BCUT2D eigenvalue weighted by Gasteiger charge is -2.42. The molecular weight excluding hydrogens is 297 g/mol. The zero-order valence-corrected chi connectivity index (χ0v) is 13.1. The molecule has 0 bridgehead atoms. The van der Waals surface area contributed by atoms with Gasteiger partial charge in [-0.15, -0.1) is 10.2 Å². The van der Waals surface area contributed by atoms with Gasteiger partial charge < -0.3 is 11.1 Å². The molecule has 0 saturated heterocycles. The normalized spacial score (nSPS) is 17.3. The lowest BCUT2D eigenvalue weighted by molar-refractivity contribution is 0.0994. The van der Waals surface area contributed by atoms with Gasteiger partial charge in [0, 0.05) is 19.0 Å². The second kappa shape index (κ2) is 7.13. The second-order valence-corrected chi connectivity index (χ2v) is 5.48. The highest BCUT2D eigenvalue weighted by Gasteiger charge is 2.43. The third-order valence-electron chi connectivity index (χ3n) is 4.05. The van der Waals surface area contributed by atoms with Crippen molar-refractivity contribution in [2.75, 3.05) is 18.9 Å². The molecule has 7 heteroatoms. The Morgan fingerprint density at radius 1 is 1.52 bits per heavy atom. The van der Waals surface area contributed by atoms with E-state index in [0.29, 0.717) is 18.1 Å². The molecule has 3 N–H and O–H groups in total. The number of carbonyl (C=O) groups excluding carboxylic acids is 1. The van der Waals surface area contributed by atoms with Gasteiger partial charge in [0.15, 0.2) is 5.69 Å². The summed E-state index contributed by atoms with van der Waals surface area (Å²) in [5, 5.41) is 10.8. The number of amides is 1. The number of hydrogen-bond donors (Lipinski definition) is 2. The summed E-state index contributed by atoms with van der Waals surface area (Å²) in [5.74, 6) is -0.486. The minimum absolute atomic E-state index is 0.102. The number of nitrogens with zero attached hydrogens (tertiary/aromatic N) is 3. The molecule has 1 aliphatic carbocycles. The van der Waals surface area contributed by atoms with Crippen LogP contribution in [0.3, 0.4) is 0 Å². The molecule has 0 unspecified atom stereocenters. The van der Waals surface area contributed by atoms with Crippen LogP contribution in [0.4, 0.5) is 10.2 Å². The Balaban J connectivity index is 2.11. The standard InChI is InChI=1S/C16H20FN5O/c1-3-5-11(17)14(19-2)16(8-4-9-16)10-20-13-7-6-12(15(18)23)21-22-13/h3,5-7H,1,4,8-10H2,2H3,(H2,18,23)(H,20,22)/b11-5+,19-14?. The average molecular weight is 317 g/mol. The molecule has 1 fully saturated rings. The summed E-state index contributed by atoms with van der Waals surface area (Å²) in [7, 11) is 1.59. The van der Waals surface area contributed by atoms with Crippen LogP contribution in [0.25, 0.3) is 0 Å². The smallest absolute Gasteiger partial charge is 0.269 e. The van der Waals surface area contributed by atoms with Gasteiger partial charge in [-0.2, -0.15) is 0 Å². The highest BCUT2D eigenvalue weighted by Crippen LogP contribution is 2.44. The average Bonchev–Trinajstić information content (AvgIpc) is 2.50. The number of nitrogens with one attached hydrogen (secondary N) is 1. The van der Waals surface area contributed by atoms with E-state index < -0.39 is 5.91 Å². The fraction of sp³-hybridized carbons (Fsp3) is 0.375. The maximum Gasteiger partial charge on any atom is 0.269 e. The van der Waals surface area contributed by atoms with Gasteiger partial charge in [-0.25, -0.2) is 4.39 Å². The summed E-state index contributed by atoms with van der Waals surface area (Å²) >= 11 is 0. The zero-order valence-electron chi connectivity index (χ0n) is 13.1. The number of anilines is 1. The maximum atomic E-state index is 14.2. The topological polar surface area (TPSA) is 93.3 Å². The summed E-state index contributed by atoms with van der Waals surface area (Å²) in [6.07, 6.45) is 5.45. The predicted octanol–water partition coefficient (Wildman–Crippen LogP) is 2.27. The second-order valence-electron chi connectivity index (χ2n) is 5.48. The van der Waals surface area contributed by atoms with E-state index in [2.05, 4.69) is 27.1 Å². The third kappa shape index (κ3) is 3.61. The molecule has 1 aromatic heterocycles. The summed E-state index contributed by atoms with van der Waals surface area (Å²) < 4.78 is 14.2. The van der Waals surface area contributed by atoms with Crippen LogP contribution >= 0.6 is 0 Å². The fourth-order valence-corrected chi connectivity index (χ4v) is 2.70. The Morgan fingerprint density at radius 2 is 2.26 bits per heavy atom. The highest BCUT2D eigenvalue weighted by atomic mass is 19.1. The molecule has 1 heterocycles. The van der Waals surface area contributed by atoms with Crippen LogP contribution in [0, 0.1) is 5.41 Å². The first-order valence-electron chi connectivity index (χ1n) is 7.35. The molecule has 1 aliphatic rings. The number of primary amides is 1. The minimum atomic E-state index is -0.628. The molecule has 0 aromatic carbocycles. The fourth-order valence-electron chi connectivity index (χ4n) is 2.70. The van der Waals surface area contributed by atoms with Crippen LogP contribution in [0.15, 0.2) is 41.7 Å². The number of aliphatic imine (C=N–C) groups is 1. The van der Waals surface area contributed by atoms with Crippen LogP contribution in [-0.2, 0) is 0 Å². The van der Waals surface area contributed by atoms with Gasteiger partial charge in [0.25, 0.3) is 5.91 Å². The molecule has 122 valence electrons. The monoisotopic (exact) mass is 317 g/mol. The van der Waals surface area contributed by atoms with Crippen molar-refractivity contribution < 1.29 is 9.18 Å². The first-order chi connectivity index (χ1) is 11.0. The van der Waals surface area contributed by atoms with E-state index >= 15 is 0 Å². The van der Waals surface area contributed by atoms with Gasteiger partial charge in [0.1, 0.15) is 11.6 Å². The van der Waals surface area contributed by atoms with E-state index in [1.807, 2.05) is 0 Å². The number of halogens is 1. The number of aromatic nitrogens is 2. The molecule has 0 atom stereocenters. The van der Waals surface area contributed by atoms with Crippen molar-refractivity contribution in [3.8, 4) is 0 Å². The lowest BCUT2D eigenvalue weighted by Crippen LogP contribution is -2.44. The van der Waals surface area contributed by atoms with Gasteiger partial charge in [-0.05, 0) is 31.1 Å². The summed E-state index contributed by atoms with van der Waals surface area (Å²) in [5.41, 5.74) is 5.31. The van der Waals surface area contributed by atoms with Gasteiger partial charge in [0.05, 0.1) is 5.71 Å². The van der Waals surface area contributed by atoms with Crippen molar-refractivity contribution in [1.29, 1.82) is 0 Å². The molecule has 6 nitrogen and oxygen atoms in total. The van der Waals surface area contributed by atoms with E-state index in [1.54, 1.807) is 13.1 Å². The lowest BCUT2D eigenvalue weighted by atomic mass is 9.65. The van der Waals surface area contributed by atoms with Crippen LogP contribution in [0.2, 0.25) is 0 Å². The SMILES string of the molecule is C=C/C=C(/F)C(=NC)C1(CNc2ccc(C(N)=O)nn2)CCC1. The van der Waals surface area contributed by atoms with Crippen molar-refractivity contribution in [2.24, 2.45) is 16.1 Å². The number of allylic oxidation sites excluding steroid dienone is 3.